The number of hydrogen-bond acceptors (Lipinski definition) is 3. The maximum atomic E-state index is 8.62. The fourth-order valence-corrected chi connectivity index (χ4v) is 2.41. The Labute approximate surface area is 99.2 Å². The van der Waals surface area contributed by atoms with Crippen molar-refractivity contribution in [3.8, 4) is 0 Å². The molecular weight excluding hydrogens is 206 g/mol. The van der Waals surface area contributed by atoms with Crippen molar-refractivity contribution in [1.82, 2.24) is 5.32 Å². The van der Waals surface area contributed by atoms with E-state index in [0.29, 0.717) is 12.6 Å². The molecule has 0 heterocycles. The molecule has 0 aromatic carbocycles. The first kappa shape index (κ1) is 15.3. The lowest BCUT2D eigenvalue weighted by Crippen LogP contribution is -2.29. The average Bonchev–Trinajstić information content (AvgIpc) is 2.27. The Balaban J connectivity index is 3.22. The Morgan fingerprint density at radius 2 is 1.93 bits per heavy atom. The Bertz CT molecular complexity index is 122. The standard InChI is InChI=1S/C12H27NOS/c1-3-8-13-12(4-2)7-5-10-15-11-6-9-14/h12-14H,3-11H2,1-2H3. The van der Waals surface area contributed by atoms with E-state index in [2.05, 4.69) is 19.2 Å². The lowest BCUT2D eigenvalue weighted by Gasteiger charge is -2.15. The molecule has 0 amide bonds. The lowest BCUT2D eigenvalue weighted by molar-refractivity contribution is 0.296. The lowest BCUT2D eigenvalue weighted by atomic mass is 10.1. The van der Waals surface area contributed by atoms with Crippen molar-refractivity contribution in [2.75, 3.05) is 24.7 Å². The summed E-state index contributed by atoms with van der Waals surface area (Å²) in [5.41, 5.74) is 0. The highest BCUT2D eigenvalue weighted by molar-refractivity contribution is 7.99. The van der Waals surface area contributed by atoms with Crippen molar-refractivity contribution >= 4 is 11.8 Å². The van der Waals surface area contributed by atoms with E-state index in [0.717, 1.165) is 18.7 Å². The number of aliphatic hydroxyl groups is 1. The van der Waals surface area contributed by atoms with Gasteiger partial charge in [-0.1, -0.05) is 13.8 Å². The monoisotopic (exact) mass is 233 g/mol. The van der Waals surface area contributed by atoms with E-state index in [9.17, 15) is 0 Å². The minimum Gasteiger partial charge on any atom is -0.396 e. The highest BCUT2D eigenvalue weighted by Gasteiger charge is 2.03. The van der Waals surface area contributed by atoms with Crippen LogP contribution in [-0.2, 0) is 0 Å². The van der Waals surface area contributed by atoms with Gasteiger partial charge in [0.25, 0.3) is 0 Å². The van der Waals surface area contributed by atoms with Gasteiger partial charge in [-0.3, -0.25) is 0 Å². The van der Waals surface area contributed by atoms with Crippen molar-refractivity contribution in [3.63, 3.8) is 0 Å². The van der Waals surface area contributed by atoms with Crippen LogP contribution in [0.25, 0.3) is 0 Å². The highest BCUT2D eigenvalue weighted by Crippen LogP contribution is 2.09. The Kier molecular flexibility index (Phi) is 12.6. The fraction of sp³-hybridized carbons (Fsp3) is 1.00. The van der Waals surface area contributed by atoms with E-state index < -0.39 is 0 Å². The van der Waals surface area contributed by atoms with E-state index in [1.807, 2.05) is 11.8 Å². The predicted molar refractivity (Wildman–Crippen MR) is 70.6 cm³/mol. The van der Waals surface area contributed by atoms with Gasteiger partial charge in [-0.15, -0.1) is 0 Å². The Morgan fingerprint density at radius 1 is 1.20 bits per heavy atom. The van der Waals surface area contributed by atoms with Crippen LogP contribution in [0, 0.1) is 0 Å². The first-order valence-corrected chi connectivity index (χ1v) is 7.42. The molecule has 0 saturated heterocycles. The summed E-state index contributed by atoms with van der Waals surface area (Å²) >= 11 is 1.97. The van der Waals surface area contributed by atoms with Gasteiger partial charge in [0, 0.05) is 12.6 Å². The second kappa shape index (κ2) is 12.3. The summed E-state index contributed by atoms with van der Waals surface area (Å²) in [4.78, 5) is 0. The summed E-state index contributed by atoms with van der Waals surface area (Å²) in [6.45, 7) is 5.95. The van der Waals surface area contributed by atoms with Crippen molar-refractivity contribution in [3.05, 3.63) is 0 Å². The van der Waals surface area contributed by atoms with E-state index in [1.165, 1.54) is 31.4 Å². The topological polar surface area (TPSA) is 32.3 Å². The number of thioether (sulfide) groups is 1. The summed E-state index contributed by atoms with van der Waals surface area (Å²) in [6, 6.07) is 0.711. The molecule has 92 valence electrons. The molecule has 0 aromatic rings. The smallest absolute Gasteiger partial charge is 0.0438 e. The molecule has 0 bridgehead atoms. The van der Waals surface area contributed by atoms with E-state index >= 15 is 0 Å². The SMILES string of the molecule is CCCNC(CC)CCCSCCCO. The van der Waals surface area contributed by atoms with Crippen LogP contribution in [0.15, 0.2) is 0 Å². The molecule has 0 aromatic heterocycles. The van der Waals surface area contributed by atoms with Crippen LogP contribution in [-0.4, -0.2) is 35.8 Å². The molecule has 0 radical (unpaired) electrons. The van der Waals surface area contributed by atoms with Crippen LogP contribution in [0.4, 0.5) is 0 Å². The van der Waals surface area contributed by atoms with Crippen LogP contribution in [0.2, 0.25) is 0 Å². The van der Waals surface area contributed by atoms with Gasteiger partial charge in [0.15, 0.2) is 0 Å². The third-order valence-corrected chi connectivity index (χ3v) is 3.62. The maximum absolute atomic E-state index is 8.62. The Hall–Kier alpha value is 0.270. The summed E-state index contributed by atoms with van der Waals surface area (Å²) < 4.78 is 0. The third kappa shape index (κ3) is 10.6. The van der Waals surface area contributed by atoms with Gasteiger partial charge < -0.3 is 10.4 Å². The van der Waals surface area contributed by atoms with Gasteiger partial charge >= 0.3 is 0 Å². The Morgan fingerprint density at radius 3 is 2.53 bits per heavy atom. The molecule has 1 atom stereocenters. The number of rotatable bonds is 11. The van der Waals surface area contributed by atoms with E-state index in [4.69, 9.17) is 5.11 Å². The maximum Gasteiger partial charge on any atom is 0.0438 e. The van der Waals surface area contributed by atoms with Crippen LogP contribution < -0.4 is 5.32 Å². The molecule has 3 heteroatoms. The van der Waals surface area contributed by atoms with Gasteiger partial charge in [0.1, 0.15) is 0 Å². The summed E-state index contributed by atoms with van der Waals surface area (Å²) in [5, 5.41) is 12.2. The average molecular weight is 233 g/mol. The number of nitrogens with one attached hydrogen (secondary N) is 1. The van der Waals surface area contributed by atoms with Gasteiger partial charge in [0.05, 0.1) is 0 Å². The second-order valence-corrected chi connectivity index (χ2v) is 5.12. The molecule has 0 aliphatic rings. The minimum absolute atomic E-state index is 0.336. The van der Waals surface area contributed by atoms with Crippen LogP contribution >= 0.6 is 11.8 Å². The zero-order valence-electron chi connectivity index (χ0n) is 10.3. The summed E-state index contributed by atoms with van der Waals surface area (Å²) in [5.74, 6) is 2.35. The van der Waals surface area contributed by atoms with Crippen molar-refractivity contribution in [2.45, 2.75) is 52.0 Å². The third-order valence-electron chi connectivity index (χ3n) is 2.46. The van der Waals surface area contributed by atoms with Gasteiger partial charge in [-0.05, 0) is 50.2 Å². The van der Waals surface area contributed by atoms with Gasteiger partial charge in [0.2, 0.25) is 0 Å². The normalized spacial score (nSPS) is 13.0. The first-order valence-electron chi connectivity index (χ1n) is 6.27. The molecule has 0 fully saturated rings. The summed E-state index contributed by atoms with van der Waals surface area (Å²) in [7, 11) is 0. The van der Waals surface area contributed by atoms with Crippen LogP contribution in [0.1, 0.15) is 46.0 Å². The second-order valence-electron chi connectivity index (χ2n) is 3.89. The predicted octanol–water partition coefficient (Wildman–Crippen LogP) is 2.66. The molecule has 0 spiro atoms. The number of hydrogen-bond donors (Lipinski definition) is 2. The van der Waals surface area contributed by atoms with Crippen LogP contribution in [0.5, 0.6) is 0 Å². The molecule has 2 N–H and O–H groups in total. The quantitative estimate of drug-likeness (QED) is 0.538. The molecular formula is C12H27NOS. The van der Waals surface area contributed by atoms with Crippen molar-refractivity contribution < 1.29 is 5.11 Å². The van der Waals surface area contributed by atoms with Crippen molar-refractivity contribution in [2.24, 2.45) is 0 Å². The first-order chi connectivity index (χ1) is 7.35. The molecule has 0 aliphatic carbocycles. The van der Waals surface area contributed by atoms with E-state index in [-0.39, 0.29) is 0 Å². The highest BCUT2D eigenvalue weighted by atomic mass is 32.2. The van der Waals surface area contributed by atoms with E-state index in [1.54, 1.807) is 0 Å². The van der Waals surface area contributed by atoms with Gasteiger partial charge in [-0.2, -0.15) is 11.8 Å². The molecule has 0 saturated carbocycles. The van der Waals surface area contributed by atoms with Crippen molar-refractivity contribution in [1.29, 1.82) is 0 Å². The molecule has 1 unspecified atom stereocenters. The molecule has 15 heavy (non-hydrogen) atoms. The zero-order valence-corrected chi connectivity index (χ0v) is 11.1. The molecule has 0 aliphatic heterocycles. The zero-order chi connectivity index (χ0) is 11.4. The minimum atomic E-state index is 0.336. The molecule has 2 nitrogen and oxygen atoms in total. The summed E-state index contributed by atoms with van der Waals surface area (Å²) in [6.07, 6.45) is 5.99. The largest absolute Gasteiger partial charge is 0.396 e. The molecule has 0 rings (SSSR count). The van der Waals surface area contributed by atoms with Gasteiger partial charge in [-0.25, -0.2) is 0 Å². The van der Waals surface area contributed by atoms with Crippen LogP contribution in [0.3, 0.4) is 0 Å². The number of aliphatic hydroxyl groups excluding tert-OH is 1. The fourth-order valence-electron chi connectivity index (χ4n) is 1.50.